The minimum absolute atomic E-state index is 0.260. The summed E-state index contributed by atoms with van der Waals surface area (Å²) in [6.07, 6.45) is 1.98. The number of ether oxygens (including phenoxy) is 2. The summed E-state index contributed by atoms with van der Waals surface area (Å²) in [4.78, 5) is 25.0. The van der Waals surface area contributed by atoms with Crippen LogP contribution in [0, 0.1) is 13.8 Å². The summed E-state index contributed by atoms with van der Waals surface area (Å²) in [5, 5.41) is 10.9. The molecule has 150 valence electrons. The van der Waals surface area contributed by atoms with Crippen LogP contribution >= 0.6 is 0 Å². The third kappa shape index (κ3) is 3.62. The summed E-state index contributed by atoms with van der Waals surface area (Å²) in [7, 11) is 1.57. The van der Waals surface area contributed by atoms with E-state index in [1.807, 2.05) is 18.2 Å². The van der Waals surface area contributed by atoms with E-state index in [4.69, 9.17) is 9.47 Å². The van der Waals surface area contributed by atoms with E-state index in [2.05, 4.69) is 27.3 Å². The van der Waals surface area contributed by atoms with Gasteiger partial charge in [0.1, 0.15) is 0 Å². The Kier molecular flexibility index (Phi) is 5.77. The Morgan fingerprint density at radius 3 is 2.00 bits per heavy atom. The number of methoxy groups -OCH3 is 1. The minimum Gasteiger partial charge on any atom is -0.493 e. The summed E-state index contributed by atoms with van der Waals surface area (Å²) in [6, 6.07) is 5.51. The van der Waals surface area contributed by atoms with Gasteiger partial charge in [-0.15, -0.1) is 0 Å². The lowest BCUT2D eigenvalue weighted by molar-refractivity contribution is 0.288. The molecule has 0 aliphatic heterocycles. The predicted molar refractivity (Wildman–Crippen MR) is 107 cm³/mol. The average molecular weight is 386 g/mol. The fourth-order valence-electron chi connectivity index (χ4n) is 3.39. The standard InChI is InChI=1S/C20H26N4O4/c1-5-6-9-28-14-8-7-13(10-15(14)27-4)18(16-11(2)21-23-19(16)25)17-12(3)22-24-20(17)26/h7-8,10,18H,5-6,9H2,1-4H3,(H2,21,23,25)(H2,22,24,26). The van der Waals surface area contributed by atoms with Gasteiger partial charge in [0.25, 0.3) is 11.1 Å². The SMILES string of the molecule is CCCCOc1ccc(C(c2c(C)[nH][nH]c2=O)c2c(C)[nH][nH]c2=O)cc1OC. The summed E-state index contributed by atoms with van der Waals surface area (Å²) in [6.45, 7) is 6.30. The second-order valence-corrected chi connectivity index (χ2v) is 6.78. The molecule has 0 aliphatic carbocycles. The van der Waals surface area contributed by atoms with Gasteiger partial charge >= 0.3 is 0 Å². The molecule has 0 amide bonds. The van der Waals surface area contributed by atoms with Crippen molar-refractivity contribution in [2.75, 3.05) is 13.7 Å². The van der Waals surface area contributed by atoms with Crippen molar-refractivity contribution in [2.45, 2.75) is 39.5 Å². The van der Waals surface area contributed by atoms with Gasteiger partial charge in [0.2, 0.25) is 0 Å². The van der Waals surface area contributed by atoms with Crippen molar-refractivity contribution >= 4 is 0 Å². The second-order valence-electron chi connectivity index (χ2n) is 6.78. The molecule has 0 spiro atoms. The largest absolute Gasteiger partial charge is 0.493 e. The number of aromatic nitrogens is 4. The van der Waals surface area contributed by atoms with E-state index in [9.17, 15) is 9.59 Å². The van der Waals surface area contributed by atoms with Crippen LogP contribution in [0.4, 0.5) is 0 Å². The van der Waals surface area contributed by atoms with Gasteiger partial charge in [-0.2, -0.15) is 0 Å². The van der Waals surface area contributed by atoms with Crippen LogP contribution in [0.1, 0.15) is 53.8 Å². The molecule has 0 unspecified atom stereocenters. The Balaban J connectivity index is 2.14. The van der Waals surface area contributed by atoms with Gasteiger partial charge in [0, 0.05) is 17.3 Å². The topological polar surface area (TPSA) is 116 Å². The highest BCUT2D eigenvalue weighted by Crippen LogP contribution is 2.36. The van der Waals surface area contributed by atoms with Crippen molar-refractivity contribution in [3.8, 4) is 11.5 Å². The van der Waals surface area contributed by atoms with Crippen molar-refractivity contribution in [3.05, 3.63) is 67.0 Å². The third-order valence-corrected chi connectivity index (χ3v) is 4.88. The zero-order valence-electron chi connectivity index (χ0n) is 16.6. The fraction of sp³-hybridized carbons (Fsp3) is 0.400. The number of H-pyrrole nitrogens is 4. The first-order valence-corrected chi connectivity index (χ1v) is 9.32. The van der Waals surface area contributed by atoms with Gasteiger partial charge in [0.05, 0.1) is 24.8 Å². The third-order valence-electron chi connectivity index (χ3n) is 4.88. The molecule has 2 heterocycles. The van der Waals surface area contributed by atoms with Crippen LogP contribution in [0.5, 0.6) is 11.5 Å². The molecular weight excluding hydrogens is 360 g/mol. The smallest absolute Gasteiger partial charge is 0.268 e. The highest BCUT2D eigenvalue weighted by molar-refractivity contribution is 5.50. The van der Waals surface area contributed by atoms with Crippen LogP contribution in [-0.4, -0.2) is 34.1 Å². The quantitative estimate of drug-likeness (QED) is 0.445. The summed E-state index contributed by atoms with van der Waals surface area (Å²) < 4.78 is 11.3. The molecule has 3 rings (SSSR count). The molecule has 0 fully saturated rings. The number of unbranched alkanes of at least 4 members (excludes halogenated alkanes) is 1. The van der Waals surface area contributed by atoms with Crippen LogP contribution in [0.2, 0.25) is 0 Å². The van der Waals surface area contributed by atoms with E-state index >= 15 is 0 Å². The van der Waals surface area contributed by atoms with Gasteiger partial charge in [-0.1, -0.05) is 19.4 Å². The molecule has 28 heavy (non-hydrogen) atoms. The van der Waals surface area contributed by atoms with Gasteiger partial charge in [-0.25, -0.2) is 0 Å². The molecule has 0 bridgehead atoms. The molecule has 0 saturated carbocycles. The number of hydrogen-bond acceptors (Lipinski definition) is 4. The van der Waals surface area contributed by atoms with E-state index in [-0.39, 0.29) is 11.1 Å². The summed E-state index contributed by atoms with van der Waals surface area (Å²) in [5.41, 5.74) is 2.59. The van der Waals surface area contributed by atoms with E-state index in [1.165, 1.54) is 0 Å². The van der Waals surface area contributed by atoms with Gasteiger partial charge in [-0.05, 0) is 38.0 Å². The lowest BCUT2D eigenvalue weighted by atomic mass is 9.85. The van der Waals surface area contributed by atoms with Crippen LogP contribution in [0.3, 0.4) is 0 Å². The number of aromatic amines is 4. The highest BCUT2D eigenvalue weighted by Gasteiger charge is 2.28. The average Bonchev–Trinajstić information content (AvgIpc) is 3.19. The zero-order valence-corrected chi connectivity index (χ0v) is 16.6. The number of hydrogen-bond donors (Lipinski definition) is 4. The monoisotopic (exact) mass is 386 g/mol. The molecule has 2 aromatic heterocycles. The van der Waals surface area contributed by atoms with Gasteiger partial charge in [-0.3, -0.25) is 19.8 Å². The van der Waals surface area contributed by atoms with Crippen molar-refractivity contribution in [3.63, 3.8) is 0 Å². The first kappa shape index (κ1) is 19.6. The Hall–Kier alpha value is -3.16. The Morgan fingerprint density at radius 1 is 0.929 bits per heavy atom. The molecule has 0 saturated heterocycles. The maximum absolute atomic E-state index is 12.5. The number of benzene rings is 1. The lowest BCUT2D eigenvalue weighted by Crippen LogP contribution is -2.20. The molecule has 8 nitrogen and oxygen atoms in total. The predicted octanol–water partition coefficient (Wildman–Crippen LogP) is 2.70. The van der Waals surface area contributed by atoms with Crippen LogP contribution in [0.25, 0.3) is 0 Å². The molecule has 0 radical (unpaired) electrons. The molecular formula is C20H26N4O4. The lowest BCUT2D eigenvalue weighted by Gasteiger charge is -2.18. The fourth-order valence-corrected chi connectivity index (χ4v) is 3.39. The van der Waals surface area contributed by atoms with E-state index in [0.717, 1.165) is 18.4 Å². The molecule has 4 N–H and O–H groups in total. The van der Waals surface area contributed by atoms with Crippen molar-refractivity contribution in [2.24, 2.45) is 0 Å². The summed E-state index contributed by atoms with van der Waals surface area (Å²) in [5.74, 6) is 0.647. The van der Waals surface area contributed by atoms with E-state index in [1.54, 1.807) is 21.0 Å². The molecule has 0 atom stereocenters. The van der Waals surface area contributed by atoms with Gasteiger partial charge < -0.3 is 19.7 Å². The maximum Gasteiger partial charge on any atom is 0.268 e. The molecule has 8 heteroatoms. The number of nitrogens with one attached hydrogen (secondary N) is 4. The van der Waals surface area contributed by atoms with Crippen LogP contribution < -0.4 is 20.6 Å². The van der Waals surface area contributed by atoms with Crippen LogP contribution in [0.15, 0.2) is 27.8 Å². The first-order valence-electron chi connectivity index (χ1n) is 9.32. The normalized spacial score (nSPS) is 11.2. The Bertz CT molecular complexity index is 1000. The summed E-state index contributed by atoms with van der Waals surface area (Å²) >= 11 is 0. The molecule has 3 aromatic rings. The Morgan fingerprint density at radius 2 is 1.54 bits per heavy atom. The van der Waals surface area contributed by atoms with Crippen molar-refractivity contribution in [1.82, 2.24) is 20.4 Å². The number of rotatable bonds is 8. The molecule has 0 aliphatic rings. The van der Waals surface area contributed by atoms with Crippen LogP contribution in [-0.2, 0) is 0 Å². The maximum atomic E-state index is 12.5. The minimum atomic E-state index is -0.552. The van der Waals surface area contributed by atoms with Crippen molar-refractivity contribution in [1.29, 1.82) is 0 Å². The van der Waals surface area contributed by atoms with E-state index in [0.29, 0.717) is 40.6 Å². The highest BCUT2D eigenvalue weighted by atomic mass is 16.5. The molecule has 1 aromatic carbocycles. The van der Waals surface area contributed by atoms with Crippen molar-refractivity contribution < 1.29 is 9.47 Å². The zero-order chi connectivity index (χ0) is 20.3. The first-order chi connectivity index (χ1) is 13.5. The van der Waals surface area contributed by atoms with Gasteiger partial charge in [0.15, 0.2) is 11.5 Å². The second kappa shape index (κ2) is 8.24. The van der Waals surface area contributed by atoms with E-state index < -0.39 is 5.92 Å². The number of aryl methyl sites for hydroxylation is 2. The Labute approximate surface area is 162 Å².